The van der Waals surface area contributed by atoms with Gasteiger partial charge in [-0.3, -0.25) is 10.1 Å². The molecule has 1 aliphatic rings. The fraction of sp³-hybridized carbons (Fsp3) is 0.600. The number of hydrogen-bond donors (Lipinski definition) is 1. The molecule has 1 aliphatic heterocycles. The highest BCUT2D eigenvalue weighted by atomic mass is 16.6. The summed E-state index contributed by atoms with van der Waals surface area (Å²) in [5.41, 5.74) is 1.29. The van der Waals surface area contributed by atoms with E-state index in [0.29, 0.717) is 11.3 Å². The van der Waals surface area contributed by atoms with Crippen LogP contribution in [-0.4, -0.2) is 47.7 Å². The van der Waals surface area contributed by atoms with E-state index in [1.165, 1.54) is 6.07 Å². The summed E-state index contributed by atoms with van der Waals surface area (Å²) < 4.78 is 0. The molecule has 6 heteroatoms. The first-order chi connectivity index (χ1) is 9.90. The lowest BCUT2D eigenvalue weighted by molar-refractivity contribution is -0.384. The van der Waals surface area contributed by atoms with Crippen molar-refractivity contribution in [3.05, 3.63) is 33.9 Å². The molecule has 0 spiro atoms. The maximum atomic E-state index is 11.4. The molecule has 1 unspecified atom stereocenters. The molecule has 116 valence electrons. The smallest absolute Gasteiger partial charge is 0.292 e. The predicted molar refractivity (Wildman–Crippen MR) is 82.7 cm³/mol. The first-order valence-corrected chi connectivity index (χ1v) is 7.31. The zero-order valence-electron chi connectivity index (χ0n) is 12.8. The maximum absolute atomic E-state index is 11.4. The van der Waals surface area contributed by atoms with Gasteiger partial charge in [0, 0.05) is 25.2 Å². The molecule has 0 amide bonds. The number of nitro groups is 1. The van der Waals surface area contributed by atoms with Crippen molar-refractivity contribution in [2.75, 3.05) is 31.6 Å². The number of aliphatic hydroxyl groups excluding tert-OH is 1. The average Bonchev–Trinajstić information content (AvgIpc) is 2.58. The lowest BCUT2D eigenvalue weighted by Crippen LogP contribution is -2.38. The molecule has 0 radical (unpaired) electrons. The molecule has 1 aromatic carbocycles. The van der Waals surface area contributed by atoms with Gasteiger partial charge in [0.1, 0.15) is 5.69 Å². The van der Waals surface area contributed by atoms with Crippen LogP contribution in [0, 0.1) is 10.1 Å². The van der Waals surface area contributed by atoms with E-state index in [2.05, 4.69) is 23.8 Å². The summed E-state index contributed by atoms with van der Waals surface area (Å²) in [5.74, 6) is 0. The normalized spacial score (nSPS) is 21.9. The first-order valence-electron chi connectivity index (χ1n) is 7.31. The minimum absolute atomic E-state index is 0.0739. The summed E-state index contributed by atoms with van der Waals surface area (Å²) >= 11 is 0. The third-order valence-electron chi connectivity index (χ3n) is 4.03. The van der Waals surface area contributed by atoms with Crippen LogP contribution in [0.25, 0.3) is 0 Å². The third-order valence-corrected chi connectivity index (χ3v) is 4.03. The molecule has 1 saturated heterocycles. The van der Waals surface area contributed by atoms with Gasteiger partial charge < -0.3 is 14.9 Å². The van der Waals surface area contributed by atoms with Gasteiger partial charge in [0.15, 0.2) is 0 Å². The molecule has 2 atom stereocenters. The fourth-order valence-corrected chi connectivity index (χ4v) is 2.92. The largest absolute Gasteiger partial charge is 0.389 e. The minimum atomic E-state index is -0.703. The van der Waals surface area contributed by atoms with Crippen molar-refractivity contribution in [3.8, 4) is 0 Å². The Kier molecular flexibility index (Phi) is 4.80. The van der Waals surface area contributed by atoms with E-state index < -0.39 is 6.10 Å². The molecule has 21 heavy (non-hydrogen) atoms. The number of likely N-dealkylation sites (N-methyl/N-ethyl adjacent to an activating group) is 1. The third kappa shape index (κ3) is 3.51. The Morgan fingerprint density at radius 3 is 2.76 bits per heavy atom. The number of benzene rings is 1. The molecule has 0 saturated carbocycles. The van der Waals surface area contributed by atoms with Crippen LogP contribution in [0.3, 0.4) is 0 Å². The Balaban J connectivity index is 2.39. The van der Waals surface area contributed by atoms with Crippen molar-refractivity contribution in [3.63, 3.8) is 0 Å². The molecule has 6 nitrogen and oxygen atoms in total. The highest BCUT2D eigenvalue weighted by molar-refractivity contribution is 5.65. The Labute approximate surface area is 125 Å². The van der Waals surface area contributed by atoms with Crippen LogP contribution in [0.5, 0.6) is 0 Å². The summed E-state index contributed by atoms with van der Waals surface area (Å²) in [5, 5.41) is 21.0. The summed E-state index contributed by atoms with van der Waals surface area (Å²) in [6, 6.07) is 5.24. The van der Waals surface area contributed by atoms with Crippen LogP contribution < -0.4 is 4.90 Å². The van der Waals surface area contributed by atoms with E-state index in [1.54, 1.807) is 19.1 Å². The van der Waals surface area contributed by atoms with E-state index in [0.717, 1.165) is 26.1 Å². The number of aliphatic hydroxyl groups is 1. The lowest BCUT2D eigenvalue weighted by Gasteiger charge is -2.30. The van der Waals surface area contributed by atoms with Gasteiger partial charge in [-0.15, -0.1) is 0 Å². The summed E-state index contributed by atoms with van der Waals surface area (Å²) in [7, 11) is 2.07. The number of rotatable bonds is 3. The predicted octanol–water partition coefficient (Wildman–Crippen LogP) is 2.18. The Hall–Kier alpha value is -1.66. The number of nitro benzene ring substituents is 1. The number of nitrogens with zero attached hydrogens (tertiary/aromatic N) is 3. The molecular formula is C15H23N3O3. The van der Waals surface area contributed by atoms with Crippen molar-refractivity contribution >= 4 is 11.4 Å². The van der Waals surface area contributed by atoms with Gasteiger partial charge in [0.05, 0.1) is 11.0 Å². The van der Waals surface area contributed by atoms with Crippen molar-refractivity contribution in [1.29, 1.82) is 0 Å². The van der Waals surface area contributed by atoms with E-state index >= 15 is 0 Å². The Bertz CT molecular complexity index is 519. The first kappa shape index (κ1) is 15.7. The maximum Gasteiger partial charge on any atom is 0.292 e. The average molecular weight is 293 g/mol. The van der Waals surface area contributed by atoms with Gasteiger partial charge in [-0.25, -0.2) is 0 Å². The fourth-order valence-electron chi connectivity index (χ4n) is 2.92. The van der Waals surface area contributed by atoms with Crippen molar-refractivity contribution in [1.82, 2.24) is 4.90 Å². The van der Waals surface area contributed by atoms with Crippen LogP contribution in [0.1, 0.15) is 31.9 Å². The van der Waals surface area contributed by atoms with Gasteiger partial charge in [0.2, 0.25) is 0 Å². The standard InChI is InChI=1S/C15H23N3O3/c1-11-10-16(3)7-4-8-17(11)14-6-5-13(12(2)19)9-15(14)18(20)21/h5-6,9,11-12,19H,4,7-8,10H2,1-3H3/t11?,12-/m1/s1. The van der Waals surface area contributed by atoms with Gasteiger partial charge in [-0.2, -0.15) is 0 Å². The molecule has 1 N–H and O–H groups in total. The van der Waals surface area contributed by atoms with Gasteiger partial charge in [-0.1, -0.05) is 6.07 Å². The van der Waals surface area contributed by atoms with Crippen molar-refractivity contribution < 1.29 is 10.0 Å². The molecule has 2 rings (SSSR count). The van der Waals surface area contributed by atoms with Crippen molar-refractivity contribution in [2.24, 2.45) is 0 Å². The monoisotopic (exact) mass is 293 g/mol. The molecule has 0 aliphatic carbocycles. The quantitative estimate of drug-likeness (QED) is 0.683. The highest BCUT2D eigenvalue weighted by Crippen LogP contribution is 2.33. The molecule has 1 aromatic rings. The number of anilines is 1. The molecular weight excluding hydrogens is 270 g/mol. The zero-order valence-corrected chi connectivity index (χ0v) is 12.8. The van der Waals surface area contributed by atoms with E-state index in [4.69, 9.17) is 0 Å². The summed E-state index contributed by atoms with van der Waals surface area (Å²) in [6.45, 7) is 6.40. The molecule has 1 heterocycles. The zero-order chi connectivity index (χ0) is 15.6. The van der Waals surface area contributed by atoms with Crippen LogP contribution in [0.2, 0.25) is 0 Å². The van der Waals surface area contributed by atoms with E-state index in [-0.39, 0.29) is 16.7 Å². The molecule has 1 fully saturated rings. The highest BCUT2D eigenvalue weighted by Gasteiger charge is 2.26. The molecule has 0 bridgehead atoms. The van der Waals surface area contributed by atoms with Gasteiger partial charge in [0.25, 0.3) is 5.69 Å². The van der Waals surface area contributed by atoms with Crippen LogP contribution in [0.4, 0.5) is 11.4 Å². The molecule has 0 aromatic heterocycles. The van der Waals surface area contributed by atoms with E-state index in [9.17, 15) is 15.2 Å². The second-order valence-corrected chi connectivity index (χ2v) is 5.84. The number of hydrogen-bond acceptors (Lipinski definition) is 5. The summed E-state index contributed by atoms with van der Waals surface area (Å²) in [4.78, 5) is 15.4. The second kappa shape index (κ2) is 6.41. The van der Waals surface area contributed by atoms with Gasteiger partial charge in [-0.05, 0) is 45.5 Å². The lowest BCUT2D eigenvalue weighted by atomic mass is 10.1. The Morgan fingerprint density at radius 2 is 2.14 bits per heavy atom. The van der Waals surface area contributed by atoms with Gasteiger partial charge >= 0.3 is 0 Å². The summed E-state index contributed by atoms with van der Waals surface area (Å²) in [6.07, 6.45) is 0.279. The minimum Gasteiger partial charge on any atom is -0.389 e. The Morgan fingerprint density at radius 1 is 1.43 bits per heavy atom. The SMILES string of the molecule is CC1CN(C)CCCN1c1ccc([C@@H](C)O)cc1[N+](=O)[O-]. The second-order valence-electron chi connectivity index (χ2n) is 5.84. The topological polar surface area (TPSA) is 69.8 Å². The van der Waals surface area contributed by atoms with Crippen LogP contribution >= 0.6 is 0 Å². The van der Waals surface area contributed by atoms with Crippen LogP contribution in [-0.2, 0) is 0 Å². The van der Waals surface area contributed by atoms with Crippen LogP contribution in [0.15, 0.2) is 18.2 Å². The van der Waals surface area contributed by atoms with E-state index in [1.807, 2.05) is 0 Å². The van der Waals surface area contributed by atoms with Crippen molar-refractivity contribution in [2.45, 2.75) is 32.4 Å².